The molecule has 3 nitrogen and oxygen atoms in total. The predicted molar refractivity (Wildman–Crippen MR) is 77.6 cm³/mol. The molecule has 2 fully saturated rings. The lowest BCUT2D eigenvalue weighted by Gasteiger charge is -2.13. The minimum atomic E-state index is 0.341. The van der Waals surface area contributed by atoms with Gasteiger partial charge in [-0.1, -0.05) is 17.7 Å². The van der Waals surface area contributed by atoms with Crippen LogP contribution in [0.4, 0.5) is 0 Å². The average Bonchev–Trinajstić information content (AvgIpc) is 3.01. The highest BCUT2D eigenvalue weighted by atomic mass is 35.5. The number of aromatic nitrogens is 2. The minimum absolute atomic E-state index is 0.341. The molecular formula is C15H18ClN3. The topological polar surface area (TPSA) is 43.8 Å². The van der Waals surface area contributed by atoms with Crippen molar-refractivity contribution >= 4 is 22.6 Å². The van der Waals surface area contributed by atoms with Crippen molar-refractivity contribution in [2.45, 2.75) is 50.1 Å². The monoisotopic (exact) mass is 275 g/mol. The second-order valence-corrected chi connectivity index (χ2v) is 6.36. The Labute approximate surface area is 117 Å². The molecule has 2 N–H and O–H groups in total. The second kappa shape index (κ2) is 4.22. The number of imidazole rings is 1. The molecule has 2 aromatic rings. The van der Waals surface area contributed by atoms with Crippen molar-refractivity contribution in [1.29, 1.82) is 0 Å². The van der Waals surface area contributed by atoms with Crippen molar-refractivity contribution in [3.8, 4) is 0 Å². The summed E-state index contributed by atoms with van der Waals surface area (Å²) in [7, 11) is 0. The van der Waals surface area contributed by atoms with Crippen LogP contribution in [-0.2, 0) is 0 Å². The Bertz CT molecular complexity index is 630. The van der Waals surface area contributed by atoms with E-state index in [2.05, 4.69) is 10.6 Å². The highest BCUT2D eigenvalue weighted by molar-refractivity contribution is 6.35. The van der Waals surface area contributed by atoms with E-state index >= 15 is 0 Å². The Balaban J connectivity index is 1.90. The SMILES string of the molecule is N[C@H]1CC[C@@H](c2nc3cccc(Cl)c3n2C2CC2)C1. The average molecular weight is 276 g/mol. The van der Waals surface area contributed by atoms with E-state index in [9.17, 15) is 0 Å². The van der Waals surface area contributed by atoms with E-state index < -0.39 is 0 Å². The van der Waals surface area contributed by atoms with E-state index in [1.807, 2.05) is 12.1 Å². The molecule has 1 heterocycles. The molecule has 2 aliphatic rings. The Morgan fingerprint density at radius 3 is 2.74 bits per heavy atom. The lowest BCUT2D eigenvalue weighted by atomic mass is 10.1. The van der Waals surface area contributed by atoms with Crippen LogP contribution in [0.25, 0.3) is 11.0 Å². The fraction of sp³-hybridized carbons (Fsp3) is 0.533. The fourth-order valence-corrected chi connectivity index (χ4v) is 3.63. The standard InChI is InChI=1S/C15H18ClN3/c16-12-2-1-3-13-14(12)19(11-6-7-11)15(18-13)9-4-5-10(17)8-9/h1-3,9-11H,4-8,17H2/t9-,10+/m1/s1. The van der Waals surface area contributed by atoms with Crippen LogP contribution in [-0.4, -0.2) is 15.6 Å². The van der Waals surface area contributed by atoms with Crippen LogP contribution in [0.2, 0.25) is 5.02 Å². The zero-order valence-corrected chi connectivity index (χ0v) is 11.6. The molecule has 0 aliphatic heterocycles. The summed E-state index contributed by atoms with van der Waals surface area (Å²) in [6.07, 6.45) is 5.85. The van der Waals surface area contributed by atoms with Gasteiger partial charge in [0, 0.05) is 18.0 Å². The van der Waals surface area contributed by atoms with Gasteiger partial charge in [0.05, 0.1) is 16.1 Å². The molecule has 1 aromatic heterocycles. The molecule has 4 rings (SSSR count). The summed E-state index contributed by atoms with van der Waals surface area (Å²) in [6.45, 7) is 0. The molecule has 2 atom stereocenters. The van der Waals surface area contributed by atoms with Crippen LogP contribution in [0.15, 0.2) is 18.2 Å². The molecule has 4 heteroatoms. The van der Waals surface area contributed by atoms with E-state index in [1.165, 1.54) is 18.7 Å². The summed E-state index contributed by atoms with van der Waals surface area (Å²) in [6, 6.07) is 6.97. The number of rotatable bonds is 2. The number of para-hydroxylation sites is 1. The Morgan fingerprint density at radius 1 is 1.21 bits per heavy atom. The highest BCUT2D eigenvalue weighted by Crippen LogP contribution is 2.44. The predicted octanol–water partition coefficient (Wildman–Crippen LogP) is 3.62. The number of nitrogens with two attached hydrogens (primary N) is 1. The van der Waals surface area contributed by atoms with Gasteiger partial charge in [-0.05, 0) is 44.2 Å². The first-order valence-corrected chi connectivity index (χ1v) is 7.54. The van der Waals surface area contributed by atoms with Crippen LogP contribution in [0.5, 0.6) is 0 Å². The number of fused-ring (bicyclic) bond motifs is 1. The van der Waals surface area contributed by atoms with Crippen molar-refractivity contribution in [2.24, 2.45) is 5.73 Å². The van der Waals surface area contributed by atoms with Gasteiger partial charge < -0.3 is 10.3 Å². The van der Waals surface area contributed by atoms with Gasteiger partial charge in [0.25, 0.3) is 0 Å². The molecule has 0 radical (unpaired) electrons. The number of benzene rings is 1. The highest BCUT2D eigenvalue weighted by Gasteiger charge is 2.34. The first-order valence-electron chi connectivity index (χ1n) is 7.16. The van der Waals surface area contributed by atoms with Crippen molar-refractivity contribution in [3.63, 3.8) is 0 Å². The minimum Gasteiger partial charge on any atom is -0.328 e. The summed E-state index contributed by atoms with van der Waals surface area (Å²) in [5.74, 6) is 1.73. The summed E-state index contributed by atoms with van der Waals surface area (Å²) in [5.41, 5.74) is 8.23. The Hall–Kier alpha value is -1.06. The quantitative estimate of drug-likeness (QED) is 0.910. The van der Waals surface area contributed by atoms with E-state index in [0.717, 1.165) is 35.3 Å². The van der Waals surface area contributed by atoms with Gasteiger partial charge >= 0.3 is 0 Å². The first-order chi connectivity index (χ1) is 9.24. The first kappa shape index (κ1) is 11.7. The lowest BCUT2D eigenvalue weighted by Crippen LogP contribution is -2.15. The molecule has 2 aliphatic carbocycles. The third kappa shape index (κ3) is 1.87. The zero-order chi connectivity index (χ0) is 13.0. The summed E-state index contributed by atoms with van der Waals surface area (Å²) >= 11 is 6.40. The maximum Gasteiger partial charge on any atom is 0.113 e. The summed E-state index contributed by atoms with van der Waals surface area (Å²) in [5, 5.41) is 0.824. The van der Waals surface area contributed by atoms with Crippen molar-refractivity contribution in [3.05, 3.63) is 29.0 Å². The number of halogens is 1. The molecule has 19 heavy (non-hydrogen) atoms. The van der Waals surface area contributed by atoms with Gasteiger partial charge in [-0.15, -0.1) is 0 Å². The van der Waals surface area contributed by atoms with E-state index in [0.29, 0.717) is 18.0 Å². The molecule has 0 unspecified atom stereocenters. The van der Waals surface area contributed by atoms with Gasteiger partial charge in [-0.25, -0.2) is 4.98 Å². The van der Waals surface area contributed by atoms with Crippen molar-refractivity contribution < 1.29 is 0 Å². The van der Waals surface area contributed by atoms with Crippen LogP contribution < -0.4 is 5.73 Å². The Morgan fingerprint density at radius 2 is 2.05 bits per heavy atom. The largest absolute Gasteiger partial charge is 0.328 e. The fourth-order valence-electron chi connectivity index (χ4n) is 3.37. The van der Waals surface area contributed by atoms with Gasteiger partial charge in [0.2, 0.25) is 0 Å². The van der Waals surface area contributed by atoms with Gasteiger partial charge in [0.15, 0.2) is 0 Å². The third-order valence-electron chi connectivity index (χ3n) is 4.44. The van der Waals surface area contributed by atoms with Crippen molar-refractivity contribution in [2.75, 3.05) is 0 Å². The third-order valence-corrected chi connectivity index (χ3v) is 4.74. The lowest BCUT2D eigenvalue weighted by molar-refractivity contribution is 0.591. The van der Waals surface area contributed by atoms with Crippen LogP contribution in [0.3, 0.4) is 0 Å². The molecule has 0 bridgehead atoms. The maximum absolute atomic E-state index is 6.40. The van der Waals surface area contributed by atoms with Crippen LogP contribution >= 0.6 is 11.6 Å². The molecule has 0 amide bonds. The number of nitrogens with zero attached hydrogens (tertiary/aromatic N) is 2. The smallest absolute Gasteiger partial charge is 0.113 e. The van der Waals surface area contributed by atoms with E-state index in [1.54, 1.807) is 0 Å². The number of hydrogen-bond acceptors (Lipinski definition) is 2. The second-order valence-electron chi connectivity index (χ2n) is 5.95. The van der Waals surface area contributed by atoms with Gasteiger partial charge in [0.1, 0.15) is 5.82 Å². The summed E-state index contributed by atoms with van der Waals surface area (Å²) < 4.78 is 2.40. The molecule has 100 valence electrons. The molecule has 0 spiro atoms. The van der Waals surface area contributed by atoms with Crippen LogP contribution in [0.1, 0.15) is 49.9 Å². The zero-order valence-electron chi connectivity index (χ0n) is 10.8. The van der Waals surface area contributed by atoms with Crippen molar-refractivity contribution in [1.82, 2.24) is 9.55 Å². The molecule has 2 saturated carbocycles. The molecule has 1 aromatic carbocycles. The van der Waals surface area contributed by atoms with Crippen LogP contribution in [0, 0.1) is 0 Å². The summed E-state index contributed by atoms with van der Waals surface area (Å²) in [4.78, 5) is 4.87. The van der Waals surface area contributed by atoms with Gasteiger partial charge in [-0.3, -0.25) is 0 Å². The van der Waals surface area contributed by atoms with Gasteiger partial charge in [-0.2, -0.15) is 0 Å². The van der Waals surface area contributed by atoms with E-state index in [-0.39, 0.29) is 0 Å². The normalized spacial score (nSPS) is 27.3. The number of hydrogen-bond donors (Lipinski definition) is 1. The van der Waals surface area contributed by atoms with E-state index in [4.69, 9.17) is 22.3 Å². The molecule has 0 saturated heterocycles. The molecular weight excluding hydrogens is 258 g/mol. The Kier molecular flexibility index (Phi) is 2.61. The maximum atomic E-state index is 6.40.